The van der Waals surface area contributed by atoms with Gasteiger partial charge in [0.25, 0.3) is 5.91 Å². The third kappa shape index (κ3) is 6.75. The fourth-order valence-corrected chi connectivity index (χ4v) is 1.75. The van der Waals surface area contributed by atoms with Gasteiger partial charge in [0.1, 0.15) is 0 Å². The molecule has 0 spiro atoms. The fourth-order valence-electron chi connectivity index (χ4n) is 0.583. The van der Waals surface area contributed by atoms with Crippen LogP contribution in [0.2, 0.25) is 0 Å². The molecular weight excluding hydrogens is 186 g/mol. The van der Waals surface area contributed by atoms with E-state index in [1.54, 1.807) is 20.8 Å². The zero-order valence-corrected chi connectivity index (χ0v) is 10.1. The molecule has 0 aliphatic carbocycles. The van der Waals surface area contributed by atoms with Crippen LogP contribution in [0.3, 0.4) is 0 Å². The summed E-state index contributed by atoms with van der Waals surface area (Å²) in [5.41, 5.74) is 0. The molecule has 0 aromatic heterocycles. The van der Waals surface area contributed by atoms with Crippen LogP contribution < -0.4 is 0 Å². The van der Waals surface area contributed by atoms with Crippen LogP contribution in [0.1, 0.15) is 41.0 Å². The second-order valence-corrected chi connectivity index (χ2v) is 5.07. The van der Waals surface area contributed by atoms with Crippen molar-refractivity contribution in [2.75, 3.05) is 11.5 Å². The van der Waals surface area contributed by atoms with Crippen LogP contribution in [-0.4, -0.2) is 21.6 Å². The molecule has 0 fully saturated rings. The van der Waals surface area contributed by atoms with Gasteiger partial charge in [-0.2, -0.15) is 4.36 Å². The van der Waals surface area contributed by atoms with E-state index in [-0.39, 0.29) is 5.91 Å². The van der Waals surface area contributed by atoms with Crippen molar-refractivity contribution in [3.8, 4) is 0 Å². The molecule has 0 N–H and O–H groups in total. The normalized spacial score (nSPS) is 9.92. The molecule has 0 atom stereocenters. The molecule has 0 saturated heterocycles. The van der Waals surface area contributed by atoms with Crippen molar-refractivity contribution >= 4 is 15.6 Å². The molecule has 3 nitrogen and oxygen atoms in total. The molecule has 0 rings (SSSR count). The van der Waals surface area contributed by atoms with Crippen molar-refractivity contribution in [3.63, 3.8) is 0 Å². The van der Waals surface area contributed by atoms with Gasteiger partial charge in [0.05, 0.1) is 9.73 Å². The fraction of sp³-hybridized carbons (Fsp3) is 0.889. The summed E-state index contributed by atoms with van der Waals surface area (Å²) in [6.07, 6.45) is 0.344. The van der Waals surface area contributed by atoms with Gasteiger partial charge in [-0.25, -0.2) is 4.21 Å². The van der Waals surface area contributed by atoms with Crippen molar-refractivity contribution in [2.45, 2.75) is 41.0 Å². The van der Waals surface area contributed by atoms with Crippen LogP contribution in [-0.2, 0) is 14.5 Å². The minimum atomic E-state index is -2.20. The average Bonchev–Trinajstić information content (AvgIpc) is 2.20. The lowest BCUT2D eigenvalue weighted by Crippen LogP contribution is -2.08. The number of nitrogens with zero attached hydrogens (tertiary/aromatic N) is 1. The van der Waals surface area contributed by atoms with Crippen LogP contribution in [0.4, 0.5) is 0 Å². The zero-order valence-electron chi connectivity index (χ0n) is 9.29. The summed E-state index contributed by atoms with van der Waals surface area (Å²) in [4.78, 5) is 10.8. The van der Waals surface area contributed by atoms with E-state index in [1.165, 1.54) is 0 Å². The molecular formula is C9H21NO2S. The molecule has 0 bridgehead atoms. The number of carbonyl (C=O) groups excluding carboxylic acids is 1. The van der Waals surface area contributed by atoms with E-state index in [9.17, 15) is 9.00 Å². The first-order valence-corrected chi connectivity index (χ1v) is 6.68. The SMILES string of the molecule is CC.CCC(=O)N=S(=O)(CC)CC. The Bertz CT molecular complexity index is 230. The molecule has 4 heteroatoms. The van der Waals surface area contributed by atoms with Gasteiger partial charge in [-0.1, -0.05) is 34.6 Å². The van der Waals surface area contributed by atoms with Crippen LogP contribution >= 0.6 is 0 Å². The topological polar surface area (TPSA) is 46.5 Å². The lowest BCUT2D eigenvalue weighted by Gasteiger charge is -2.00. The number of hydrogen-bond acceptors (Lipinski definition) is 2. The minimum absolute atomic E-state index is 0.251. The van der Waals surface area contributed by atoms with E-state index >= 15 is 0 Å². The van der Waals surface area contributed by atoms with Gasteiger partial charge in [-0.15, -0.1) is 0 Å². The Hall–Kier alpha value is -0.380. The van der Waals surface area contributed by atoms with E-state index < -0.39 is 9.73 Å². The lowest BCUT2D eigenvalue weighted by molar-refractivity contribution is -0.117. The quantitative estimate of drug-likeness (QED) is 0.713. The number of rotatable bonds is 3. The smallest absolute Gasteiger partial charge is 0.253 e. The molecule has 0 aliphatic heterocycles. The summed E-state index contributed by atoms with van der Waals surface area (Å²) in [7, 11) is -2.20. The van der Waals surface area contributed by atoms with Gasteiger partial charge in [0.15, 0.2) is 0 Å². The monoisotopic (exact) mass is 207 g/mol. The molecule has 0 radical (unpaired) electrons. The van der Waals surface area contributed by atoms with E-state index in [0.717, 1.165) is 0 Å². The van der Waals surface area contributed by atoms with Crippen LogP contribution in [0, 0.1) is 0 Å². The lowest BCUT2D eigenvalue weighted by atomic mass is 10.5. The Morgan fingerprint density at radius 2 is 1.54 bits per heavy atom. The maximum Gasteiger partial charge on any atom is 0.253 e. The Labute approximate surface area is 82.1 Å². The van der Waals surface area contributed by atoms with Gasteiger partial charge in [-0.3, -0.25) is 4.79 Å². The number of amides is 1. The van der Waals surface area contributed by atoms with E-state index in [1.807, 2.05) is 13.8 Å². The highest BCUT2D eigenvalue weighted by Gasteiger charge is 2.04. The summed E-state index contributed by atoms with van der Waals surface area (Å²) >= 11 is 0. The minimum Gasteiger partial charge on any atom is -0.272 e. The van der Waals surface area contributed by atoms with E-state index in [2.05, 4.69) is 4.36 Å². The van der Waals surface area contributed by atoms with Crippen molar-refractivity contribution < 1.29 is 9.00 Å². The Morgan fingerprint density at radius 1 is 1.15 bits per heavy atom. The third-order valence-corrected chi connectivity index (χ3v) is 3.81. The maximum atomic E-state index is 11.5. The Morgan fingerprint density at radius 3 is 1.77 bits per heavy atom. The summed E-state index contributed by atoms with van der Waals surface area (Å²) in [6, 6.07) is 0. The Kier molecular flexibility index (Phi) is 9.56. The molecule has 13 heavy (non-hydrogen) atoms. The summed E-state index contributed by atoms with van der Waals surface area (Å²) in [6.45, 7) is 9.30. The second kappa shape index (κ2) is 8.23. The second-order valence-electron chi connectivity index (χ2n) is 2.19. The molecule has 0 heterocycles. The molecule has 0 aromatic carbocycles. The highest BCUT2D eigenvalue weighted by molar-refractivity contribution is 7.93. The largest absolute Gasteiger partial charge is 0.272 e. The zero-order chi connectivity index (χ0) is 10.9. The first-order chi connectivity index (χ1) is 6.08. The summed E-state index contributed by atoms with van der Waals surface area (Å²) in [5.74, 6) is 0.684. The highest BCUT2D eigenvalue weighted by atomic mass is 32.2. The molecule has 0 aromatic rings. The predicted molar refractivity (Wildman–Crippen MR) is 58.3 cm³/mol. The molecule has 1 amide bonds. The van der Waals surface area contributed by atoms with Crippen molar-refractivity contribution in [1.82, 2.24) is 0 Å². The van der Waals surface area contributed by atoms with Gasteiger partial charge in [0.2, 0.25) is 0 Å². The summed E-state index contributed by atoms with van der Waals surface area (Å²) < 4.78 is 15.2. The van der Waals surface area contributed by atoms with Crippen LogP contribution in [0.25, 0.3) is 0 Å². The van der Waals surface area contributed by atoms with E-state index in [4.69, 9.17) is 0 Å². The number of hydrogen-bond donors (Lipinski definition) is 0. The van der Waals surface area contributed by atoms with Crippen molar-refractivity contribution in [1.29, 1.82) is 0 Å². The average molecular weight is 207 g/mol. The third-order valence-electron chi connectivity index (χ3n) is 1.47. The molecule has 0 unspecified atom stereocenters. The van der Waals surface area contributed by atoms with Gasteiger partial charge >= 0.3 is 0 Å². The Balaban J connectivity index is 0. The first-order valence-electron chi connectivity index (χ1n) is 4.83. The van der Waals surface area contributed by atoms with Crippen molar-refractivity contribution in [3.05, 3.63) is 0 Å². The van der Waals surface area contributed by atoms with Gasteiger partial charge < -0.3 is 0 Å². The highest BCUT2D eigenvalue weighted by Crippen LogP contribution is 1.97. The standard InChI is InChI=1S/C7H15NO2S.C2H6/c1-4-7(9)8-11(10,5-2)6-3;1-2/h4-6H2,1-3H3;1-2H3. The van der Waals surface area contributed by atoms with Gasteiger partial charge in [-0.05, 0) is 0 Å². The van der Waals surface area contributed by atoms with E-state index in [0.29, 0.717) is 17.9 Å². The maximum absolute atomic E-state index is 11.5. The summed E-state index contributed by atoms with van der Waals surface area (Å²) in [5, 5.41) is 0. The number of carbonyl (C=O) groups is 1. The van der Waals surface area contributed by atoms with Gasteiger partial charge in [0, 0.05) is 17.9 Å². The molecule has 0 saturated carbocycles. The predicted octanol–water partition coefficient (Wildman–Crippen LogP) is 2.46. The van der Waals surface area contributed by atoms with Crippen LogP contribution in [0.5, 0.6) is 0 Å². The van der Waals surface area contributed by atoms with Crippen molar-refractivity contribution in [2.24, 2.45) is 4.36 Å². The first kappa shape index (κ1) is 15.1. The van der Waals surface area contributed by atoms with Crippen LogP contribution in [0.15, 0.2) is 4.36 Å². The molecule has 80 valence electrons. The molecule has 0 aliphatic rings.